The summed E-state index contributed by atoms with van der Waals surface area (Å²) in [6.07, 6.45) is 4.02. The molecule has 0 spiro atoms. The summed E-state index contributed by atoms with van der Waals surface area (Å²) >= 11 is 3.35. The Labute approximate surface area is 70.3 Å². The maximum Gasteiger partial charge on any atom is 2.00 e. The van der Waals surface area contributed by atoms with Crippen molar-refractivity contribution in [1.82, 2.24) is 0 Å². The van der Waals surface area contributed by atoms with Crippen LogP contribution < -0.4 is 0 Å². The summed E-state index contributed by atoms with van der Waals surface area (Å²) in [5.41, 5.74) is 0. The van der Waals surface area contributed by atoms with Gasteiger partial charge in [0.15, 0.2) is 0 Å². The van der Waals surface area contributed by atoms with Crippen LogP contribution in [0.5, 0.6) is 0 Å². The number of hydrogen-bond acceptors (Lipinski definition) is 0. The first-order valence-corrected chi connectivity index (χ1v) is 3.60. The van der Waals surface area contributed by atoms with Crippen LogP contribution in [0.3, 0.4) is 0 Å². The molecule has 0 atom stereocenters. The van der Waals surface area contributed by atoms with Crippen molar-refractivity contribution in [1.29, 1.82) is 0 Å². The van der Waals surface area contributed by atoms with Gasteiger partial charge in [0.25, 0.3) is 0 Å². The molecule has 0 unspecified atom stereocenters. The van der Waals surface area contributed by atoms with Gasteiger partial charge in [-0.3, -0.25) is 0 Å². The summed E-state index contributed by atoms with van der Waals surface area (Å²) in [6, 6.07) is 0. The molecule has 0 saturated heterocycles. The van der Waals surface area contributed by atoms with Crippen LogP contribution in [0.15, 0.2) is 0 Å². The summed E-state index contributed by atoms with van der Waals surface area (Å²) in [6.45, 7) is 2.21. The van der Waals surface area contributed by atoms with Gasteiger partial charge in [-0.15, -0.1) is 0 Å². The molecule has 0 amide bonds. The fourth-order valence-corrected chi connectivity index (χ4v) is 0.741. The molecule has 0 bridgehead atoms. The Balaban J connectivity index is 0. The zero-order valence-corrected chi connectivity index (χ0v) is 7.91. The third kappa shape index (κ3) is 11.1. The Hall–Kier alpha value is 1.25. The fraction of sp³-hybridized carbons (Fsp3) is 1.00. The molecule has 2 heteroatoms. The van der Waals surface area contributed by atoms with Crippen LogP contribution in [0.25, 0.3) is 0 Å². The molecule has 0 fully saturated rings. The zero-order valence-electron chi connectivity index (χ0n) is 4.91. The molecule has 0 saturated carbocycles. The molecule has 0 N–H and O–H groups in total. The Bertz CT molecular complexity index is 20.0. The second-order valence-electron chi connectivity index (χ2n) is 1.40. The van der Waals surface area contributed by atoms with Crippen LogP contribution in [-0.2, 0) is 0 Å². The van der Waals surface area contributed by atoms with Gasteiger partial charge in [0.2, 0.25) is 0 Å². The summed E-state index contributed by atoms with van der Waals surface area (Å²) < 4.78 is 0. The normalized spacial score (nSPS) is 7.71. The van der Waals surface area contributed by atoms with Gasteiger partial charge in [-0.1, -0.05) is 35.7 Å². The van der Waals surface area contributed by atoms with Gasteiger partial charge in [-0.2, -0.15) is 0 Å². The Morgan fingerprint density at radius 2 is 1.86 bits per heavy atom. The molecular weight excluding hydrogens is 164 g/mol. The van der Waals surface area contributed by atoms with Crippen LogP contribution >= 0.6 is 15.9 Å². The molecule has 0 aliphatic carbocycles. The number of halogens is 1. The largest absolute Gasteiger partial charge is 2.00 e. The quantitative estimate of drug-likeness (QED) is 0.350. The minimum absolute atomic E-state index is 0. The molecule has 0 aromatic carbocycles. The van der Waals surface area contributed by atoms with E-state index in [2.05, 4.69) is 22.9 Å². The predicted molar refractivity (Wildman–Crippen MR) is 39.1 cm³/mol. The van der Waals surface area contributed by atoms with Crippen molar-refractivity contribution in [3.8, 4) is 0 Å². The second kappa shape index (κ2) is 10.3. The maximum atomic E-state index is 3.35. The maximum absolute atomic E-state index is 3.35. The topological polar surface area (TPSA) is 0 Å². The average Bonchev–Trinajstić information content (AvgIpc) is 1.61. The van der Waals surface area contributed by atoms with Gasteiger partial charge < -0.3 is 0 Å². The number of rotatable bonds is 3. The third-order valence-corrected chi connectivity index (χ3v) is 1.30. The van der Waals surface area contributed by atoms with Crippen LogP contribution in [0.4, 0.5) is 0 Å². The molecule has 0 aromatic heterocycles. The SMILES string of the molecule is CCCCCBr.[Mg+2]. The smallest absolute Gasteiger partial charge is 0.0928 e. The van der Waals surface area contributed by atoms with Crippen molar-refractivity contribution in [3.05, 3.63) is 0 Å². The number of alkyl halides is 1. The standard InChI is InChI=1S/C5H11Br.Mg/c1-2-3-4-5-6;/h2-5H2,1H3;/q;+2. The van der Waals surface area contributed by atoms with Crippen molar-refractivity contribution in [2.75, 3.05) is 5.33 Å². The predicted octanol–water partition coefficient (Wildman–Crippen LogP) is 2.19. The summed E-state index contributed by atoms with van der Waals surface area (Å²) in [5.74, 6) is 0. The van der Waals surface area contributed by atoms with Gasteiger partial charge in [-0.05, 0) is 6.42 Å². The van der Waals surface area contributed by atoms with Gasteiger partial charge in [-0.25, -0.2) is 0 Å². The van der Waals surface area contributed by atoms with Gasteiger partial charge in [0.1, 0.15) is 0 Å². The van der Waals surface area contributed by atoms with Gasteiger partial charge in [0, 0.05) is 5.33 Å². The molecule has 7 heavy (non-hydrogen) atoms. The van der Waals surface area contributed by atoms with E-state index in [9.17, 15) is 0 Å². The summed E-state index contributed by atoms with van der Waals surface area (Å²) in [7, 11) is 0. The Morgan fingerprint density at radius 1 is 1.29 bits per heavy atom. The van der Waals surface area contributed by atoms with E-state index >= 15 is 0 Å². The molecule has 0 aromatic rings. The first-order valence-electron chi connectivity index (χ1n) is 2.47. The fourth-order valence-electron chi connectivity index (χ4n) is 0.344. The van der Waals surface area contributed by atoms with Crippen LogP contribution in [0, 0.1) is 0 Å². The minimum atomic E-state index is 0. The number of unbranched alkanes of at least 4 members (excludes halogenated alkanes) is 2. The van der Waals surface area contributed by atoms with E-state index in [1.807, 2.05) is 0 Å². The van der Waals surface area contributed by atoms with Crippen molar-refractivity contribution < 1.29 is 0 Å². The van der Waals surface area contributed by atoms with Crippen molar-refractivity contribution >= 4 is 39.0 Å². The number of hydrogen-bond donors (Lipinski definition) is 0. The van der Waals surface area contributed by atoms with Gasteiger partial charge >= 0.3 is 23.1 Å². The van der Waals surface area contributed by atoms with E-state index in [1.54, 1.807) is 0 Å². The molecule has 0 heterocycles. The summed E-state index contributed by atoms with van der Waals surface area (Å²) in [5, 5.41) is 1.17. The third-order valence-electron chi connectivity index (χ3n) is 0.737. The van der Waals surface area contributed by atoms with Crippen LogP contribution in [0.2, 0.25) is 0 Å². The first kappa shape index (κ1) is 11.1. The molecule has 0 nitrogen and oxygen atoms in total. The zero-order chi connectivity index (χ0) is 4.83. The van der Waals surface area contributed by atoms with E-state index in [4.69, 9.17) is 0 Å². The average molecular weight is 175 g/mol. The van der Waals surface area contributed by atoms with Crippen molar-refractivity contribution in [2.24, 2.45) is 0 Å². The monoisotopic (exact) mass is 174 g/mol. The first-order chi connectivity index (χ1) is 2.91. The molecule has 0 rings (SSSR count). The van der Waals surface area contributed by atoms with Crippen LogP contribution in [0.1, 0.15) is 26.2 Å². The van der Waals surface area contributed by atoms with E-state index < -0.39 is 0 Å². The second-order valence-corrected chi connectivity index (χ2v) is 2.19. The van der Waals surface area contributed by atoms with Gasteiger partial charge in [0.05, 0.1) is 0 Å². The van der Waals surface area contributed by atoms with E-state index in [1.165, 1.54) is 24.6 Å². The molecule has 0 radical (unpaired) electrons. The molecule has 38 valence electrons. The van der Waals surface area contributed by atoms with E-state index in [0.29, 0.717) is 0 Å². The Morgan fingerprint density at radius 3 is 2.00 bits per heavy atom. The van der Waals surface area contributed by atoms with E-state index in [0.717, 1.165) is 0 Å². The van der Waals surface area contributed by atoms with E-state index in [-0.39, 0.29) is 23.1 Å². The minimum Gasteiger partial charge on any atom is -0.0928 e. The van der Waals surface area contributed by atoms with Crippen LogP contribution in [-0.4, -0.2) is 28.4 Å². The summed E-state index contributed by atoms with van der Waals surface area (Å²) in [4.78, 5) is 0. The Kier molecular flexibility index (Phi) is 16.3. The molecular formula is C5H11BrMg+2. The van der Waals surface area contributed by atoms with Crippen molar-refractivity contribution in [2.45, 2.75) is 26.2 Å². The molecule has 0 aliphatic heterocycles. The molecule has 0 aliphatic rings. The van der Waals surface area contributed by atoms with Crippen molar-refractivity contribution in [3.63, 3.8) is 0 Å².